The first-order valence-corrected chi connectivity index (χ1v) is 4.97. The molecule has 8 heteroatoms. The van der Waals surface area contributed by atoms with Crippen molar-refractivity contribution in [3.8, 4) is 0 Å². The zero-order valence-corrected chi connectivity index (χ0v) is 8.12. The van der Waals surface area contributed by atoms with Crippen LogP contribution in [0.5, 0.6) is 0 Å². The van der Waals surface area contributed by atoms with Gasteiger partial charge in [0.15, 0.2) is 0 Å². The van der Waals surface area contributed by atoms with Gasteiger partial charge in [0.1, 0.15) is 0 Å². The van der Waals surface area contributed by atoms with E-state index in [0.29, 0.717) is 0 Å². The predicted molar refractivity (Wildman–Crippen MR) is 45.0 cm³/mol. The van der Waals surface area contributed by atoms with Crippen molar-refractivity contribution in [1.29, 1.82) is 0 Å². The van der Waals surface area contributed by atoms with Crippen molar-refractivity contribution in [2.24, 2.45) is 4.76 Å². The maximum atomic E-state index is 11.0. The lowest BCUT2D eigenvalue weighted by Gasteiger charge is -2.09. The summed E-state index contributed by atoms with van der Waals surface area (Å²) in [5, 5.41) is 2.32. The van der Waals surface area contributed by atoms with Gasteiger partial charge in [-0.1, -0.05) is 0 Å². The van der Waals surface area contributed by atoms with Crippen molar-refractivity contribution in [2.75, 3.05) is 20.7 Å². The number of nitrogens with zero attached hydrogens (tertiary/aromatic N) is 2. The number of amides is 1. The van der Waals surface area contributed by atoms with Gasteiger partial charge in [-0.25, -0.2) is 4.57 Å². The number of hydrogen-bond acceptors (Lipinski definition) is 3. The highest BCUT2D eigenvalue weighted by Gasteiger charge is 2.26. The Bertz CT molecular complexity index is 302. The summed E-state index contributed by atoms with van der Waals surface area (Å²) < 4.78 is 18.5. The second-order valence-electron chi connectivity index (χ2n) is 2.50. The molecule has 1 atom stereocenters. The van der Waals surface area contributed by atoms with E-state index in [9.17, 15) is 9.36 Å². The summed E-state index contributed by atoms with van der Waals surface area (Å²) >= 11 is 0. The fourth-order valence-electron chi connectivity index (χ4n) is 0.812. The standard InChI is InChI=1S/C5H10N3O4P/c1-8-3-4(9)6-5(8)7-13(10,11)12-2/h3H2,1-2H3,(H2,6,7,9,10,11). The van der Waals surface area contributed by atoms with Crippen LogP contribution in [-0.4, -0.2) is 42.4 Å². The number of carbonyl (C=O) groups is 1. The topological polar surface area (TPSA) is 91.2 Å². The van der Waals surface area contributed by atoms with Gasteiger partial charge in [0.05, 0.1) is 6.54 Å². The van der Waals surface area contributed by atoms with Crippen LogP contribution in [0.4, 0.5) is 0 Å². The molecule has 1 rings (SSSR count). The summed E-state index contributed by atoms with van der Waals surface area (Å²) in [5.74, 6) is -0.213. The van der Waals surface area contributed by atoms with E-state index in [0.717, 1.165) is 7.11 Å². The molecule has 0 bridgehead atoms. The third kappa shape index (κ3) is 2.51. The summed E-state index contributed by atoms with van der Waals surface area (Å²) in [4.78, 5) is 21.2. The second kappa shape index (κ2) is 3.45. The zero-order chi connectivity index (χ0) is 10.1. The molecule has 0 aliphatic carbocycles. The maximum absolute atomic E-state index is 11.0. The minimum absolute atomic E-state index is 0.0534. The van der Waals surface area contributed by atoms with Gasteiger partial charge in [-0.15, -0.1) is 4.76 Å². The van der Waals surface area contributed by atoms with Gasteiger partial charge >= 0.3 is 7.75 Å². The lowest BCUT2D eigenvalue weighted by molar-refractivity contribution is -0.118. The first-order valence-electron chi connectivity index (χ1n) is 3.44. The summed E-state index contributed by atoms with van der Waals surface area (Å²) in [6.45, 7) is 0.128. The van der Waals surface area contributed by atoms with E-state index in [1.54, 1.807) is 7.05 Å². The minimum atomic E-state index is -3.95. The Morgan fingerprint density at radius 3 is 2.77 bits per heavy atom. The van der Waals surface area contributed by atoms with Crippen molar-refractivity contribution in [3.63, 3.8) is 0 Å². The Kier molecular flexibility index (Phi) is 2.70. The van der Waals surface area contributed by atoms with E-state index < -0.39 is 7.75 Å². The fourth-order valence-corrected chi connectivity index (χ4v) is 1.34. The SMILES string of the molecule is COP(=O)(O)/N=C1\NC(=O)CN1C. The highest BCUT2D eigenvalue weighted by atomic mass is 31.2. The van der Waals surface area contributed by atoms with Crippen molar-refractivity contribution in [3.05, 3.63) is 0 Å². The predicted octanol–water partition coefficient (Wildman–Crippen LogP) is -0.849. The van der Waals surface area contributed by atoms with Crippen LogP contribution < -0.4 is 5.32 Å². The summed E-state index contributed by atoms with van der Waals surface area (Å²) in [6, 6.07) is 0. The first-order chi connectivity index (χ1) is 5.94. The molecule has 0 aromatic carbocycles. The molecular weight excluding hydrogens is 197 g/mol. The molecule has 13 heavy (non-hydrogen) atoms. The molecule has 0 spiro atoms. The lowest BCUT2D eigenvalue weighted by Crippen LogP contribution is -2.26. The van der Waals surface area contributed by atoms with Gasteiger partial charge in [-0.2, -0.15) is 0 Å². The normalized spacial score (nSPS) is 24.7. The number of carbonyl (C=O) groups excluding carboxylic acids is 1. The number of rotatable bonds is 2. The Morgan fingerprint density at radius 2 is 2.38 bits per heavy atom. The van der Waals surface area contributed by atoms with Crippen LogP contribution in [0.15, 0.2) is 4.76 Å². The van der Waals surface area contributed by atoms with E-state index in [2.05, 4.69) is 14.6 Å². The van der Waals surface area contributed by atoms with Crippen LogP contribution in [0.1, 0.15) is 0 Å². The Labute approximate surface area is 75.0 Å². The maximum Gasteiger partial charge on any atom is 0.454 e. The molecule has 0 radical (unpaired) electrons. The average Bonchev–Trinajstić information content (AvgIpc) is 2.30. The fraction of sp³-hybridized carbons (Fsp3) is 0.600. The molecule has 1 fully saturated rings. The van der Waals surface area contributed by atoms with Crippen molar-refractivity contribution < 1.29 is 18.8 Å². The molecule has 1 heterocycles. The Hall–Kier alpha value is -0.910. The Balaban J connectivity index is 2.83. The third-order valence-electron chi connectivity index (χ3n) is 1.45. The summed E-state index contributed by atoms with van der Waals surface area (Å²) in [7, 11) is -1.31. The molecule has 1 unspecified atom stereocenters. The third-order valence-corrected chi connectivity index (χ3v) is 2.37. The molecule has 74 valence electrons. The second-order valence-corrected chi connectivity index (χ2v) is 4.05. The smallest absolute Gasteiger partial charge is 0.336 e. The van der Waals surface area contributed by atoms with Crippen LogP contribution >= 0.6 is 7.75 Å². The zero-order valence-electron chi connectivity index (χ0n) is 7.22. The molecule has 1 aliphatic rings. The lowest BCUT2D eigenvalue weighted by atomic mass is 10.6. The van der Waals surface area contributed by atoms with Gasteiger partial charge in [0.2, 0.25) is 11.9 Å². The van der Waals surface area contributed by atoms with Gasteiger partial charge in [0, 0.05) is 14.2 Å². The number of hydrogen-bond donors (Lipinski definition) is 2. The Morgan fingerprint density at radius 1 is 1.77 bits per heavy atom. The van der Waals surface area contributed by atoms with E-state index >= 15 is 0 Å². The number of nitrogens with one attached hydrogen (secondary N) is 1. The van der Waals surface area contributed by atoms with Crippen LogP contribution in [0, 0.1) is 0 Å². The molecule has 2 N–H and O–H groups in total. The van der Waals surface area contributed by atoms with E-state index in [4.69, 9.17) is 4.89 Å². The number of likely N-dealkylation sites (N-methyl/N-ethyl adjacent to an activating group) is 1. The highest BCUT2D eigenvalue weighted by molar-refractivity contribution is 7.51. The quantitative estimate of drug-likeness (QED) is 0.575. The number of guanidine groups is 1. The van der Waals surface area contributed by atoms with Gasteiger partial charge in [-0.05, 0) is 0 Å². The van der Waals surface area contributed by atoms with Crippen molar-refractivity contribution in [2.45, 2.75) is 0 Å². The van der Waals surface area contributed by atoms with Gasteiger partial charge in [-0.3, -0.25) is 14.6 Å². The molecule has 0 aromatic rings. The van der Waals surface area contributed by atoms with Crippen LogP contribution in [0.25, 0.3) is 0 Å². The highest BCUT2D eigenvalue weighted by Crippen LogP contribution is 2.42. The van der Waals surface area contributed by atoms with Gasteiger partial charge in [0.25, 0.3) is 0 Å². The minimum Gasteiger partial charge on any atom is -0.336 e. The summed E-state index contributed by atoms with van der Waals surface area (Å²) in [6.07, 6.45) is 0. The van der Waals surface area contributed by atoms with E-state index in [1.165, 1.54) is 4.90 Å². The van der Waals surface area contributed by atoms with Crippen LogP contribution in [0.3, 0.4) is 0 Å². The molecule has 1 saturated heterocycles. The van der Waals surface area contributed by atoms with Crippen LogP contribution in [-0.2, 0) is 13.9 Å². The van der Waals surface area contributed by atoms with E-state index in [1.807, 2.05) is 0 Å². The van der Waals surface area contributed by atoms with E-state index in [-0.39, 0.29) is 18.4 Å². The molecule has 1 amide bonds. The molecule has 1 aliphatic heterocycles. The largest absolute Gasteiger partial charge is 0.454 e. The van der Waals surface area contributed by atoms with Crippen LogP contribution in [0.2, 0.25) is 0 Å². The average molecular weight is 207 g/mol. The van der Waals surface area contributed by atoms with Crippen molar-refractivity contribution in [1.82, 2.24) is 10.2 Å². The van der Waals surface area contributed by atoms with Crippen molar-refractivity contribution >= 4 is 19.6 Å². The summed E-state index contributed by atoms with van der Waals surface area (Å²) in [5.41, 5.74) is 0. The molecule has 0 aromatic heterocycles. The molecular formula is C5H10N3O4P. The molecule has 0 saturated carbocycles. The first kappa shape index (κ1) is 10.2. The monoisotopic (exact) mass is 207 g/mol. The van der Waals surface area contributed by atoms with Gasteiger partial charge < -0.3 is 9.79 Å². The molecule has 7 nitrogen and oxygen atoms in total.